The van der Waals surface area contributed by atoms with Gasteiger partial charge in [0.1, 0.15) is 35.5 Å². The first-order valence-corrected chi connectivity index (χ1v) is 8.67. The van der Waals surface area contributed by atoms with Gasteiger partial charge in [-0.2, -0.15) is 8.42 Å². The Morgan fingerprint density at radius 2 is 1.56 bits per heavy atom. The maximum Gasteiger partial charge on any atom is 0.488 e. The number of halogens is 3. The molecule has 146 valence electrons. The number of rotatable bonds is 8. The first kappa shape index (κ1) is 20.4. The van der Waals surface area contributed by atoms with Crippen LogP contribution in [0, 0.1) is 11.6 Å². The van der Waals surface area contributed by atoms with Crippen LogP contribution >= 0.6 is 0 Å². The lowest BCUT2D eigenvalue weighted by Gasteiger charge is -2.11. The molecule has 0 fully saturated rings. The summed E-state index contributed by atoms with van der Waals surface area (Å²) >= 11 is 0. The molecule has 0 saturated heterocycles. The zero-order chi connectivity index (χ0) is 20.0. The molecule has 0 heterocycles. The third-order valence-corrected chi connectivity index (χ3v) is 3.56. The Balaban J connectivity index is 2.02. The van der Waals surface area contributed by atoms with Crippen LogP contribution in [-0.2, 0) is 21.9 Å². The summed E-state index contributed by atoms with van der Waals surface area (Å²) in [5.74, 6) is -2.66. The van der Waals surface area contributed by atoms with Gasteiger partial charge in [-0.15, -0.1) is 0 Å². The van der Waals surface area contributed by atoms with E-state index in [0.717, 1.165) is 24.3 Å². The van der Waals surface area contributed by atoms with E-state index in [9.17, 15) is 25.9 Å². The molecule has 0 spiro atoms. The fraction of sp³-hybridized carbons (Fsp3) is 0.188. The Hall–Kier alpha value is -2.95. The standard InChI is InChI=1S/C16H14F3NO6S/c1-20-16(21)9-25-12-6-14(17)13(15(18)7-12)8-24-10-2-4-11(5-3-10)26-27(19,22)23/h2-7H,8-9H2,1H3,(H,20,21). The molecular weight excluding hydrogens is 391 g/mol. The Kier molecular flexibility index (Phi) is 6.50. The summed E-state index contributed by atoms with van der Waals surface area (Å²) in [6, 6.07) is 6.50. The van der Waals surface area contributed by atoms with Crippen LogP contribution in [0.25, 0.3) is 0 Å². The fourth-order valence-electron chi connectivity index (χ4n) is 1.88. The van der Waals surface area contributed by atoms with Crippen LogP contribution in [0.2, 0.25) is 0 Å². The number of hydrogen-bond acceptors (Lipinski definition) is 6. The number of nitrogens with one attached hydrogen (secondary N) is 1. The lowest BCUT2D eigenvalue weighted by Crippen LogP contribution is -2.24. The predicted molar refractivity (Wildman–Crippen MR) is 87.3 cm³/mol. The summed E-state index contributed by atoms with van der Waals surface area (Å²) in [6.45, 7) is -0.872. The molecule has 2 aromatic carbocycles. The third-order valence-electron chi connectivity index (χ3n) is 3.17. The van der Waals surface area contributed by atoms with E-state index in [1.807, 2.05) is 0 Å². The second-order valence-electron chi connectivity index (χ2n) is 5.06. The highest BCUT2D eigenvalue weighted by molar-refractivity contribution is 7.81. The van der Waals surface area contributed by atoms with E-state index in [0.29, 0.717) is 0 Å². The van der Waals surface area contributed by atoms with Gasteiger partial charge in [0.25, 0.3) is 5.91 Å². The number of ether oxygens (including phenoxy) is 2. The molecule has 2 aromatic rings. The van der Waals surface area contributed by atoms with Crippen molar-refractivity contribution in [3.05, 3.63) is 53.6 Å². The second kappa shape index (κ2) is 8.62. The zero-order valence-electron chi connectivity index (χ0n) is 13.9. The van der Waals surface area contributed by atoms with E-state index >= 15 is 0 Å². The highest BCUT2D eigenvalue weighted by Gasteiger charge is 2.14. The molecule has 0 aromatic heterocycles. The smallest absolute Gasteiger partial charge is 0.488 e. The number of hydrogen-bond donors (Lipinski definition) is 1. The summed E-state index contributed by atoms with van der Waals surface area (Å²) < 4.78 is 75.4. The van der Waals surface area contributed by atoms with Crippen molar-refractivity contribution in [1.29, 1.82) is 0 Å². The summed E-state index contributed by atoms with van der Waals surface area (Å²) in [6.07, 6.45) is 0. The Morgan fingerprint density at radius 3 is 2.07 bits per heavy atom. The average Bonchev–Trinajstić information content (AvgIpc) is 2.59. The van der Waals surface area contributed by atoms with Gasteiger partial charge in [-0.25, -0.2) is 8.78 Å². The summed E-state index contributed by atoms with van der Waals surface area (Å²) in [5, 5.41) is 2.30. The van der Waals surface area contributed by atoms with Crippen LogP contribution < -0.4 is 19.0 Å². The van der Waals surface area contributed by atoms with Gasteiger partial charge >= 0.3 is 10.5 Å². The Bertz CT molecular complexity index is 895. The molecule has 0 unspecified atom stereocenters. The zero-order valence-corrected chi connectivity index (χ0v) is 14.7. The fourth-order valence-corrected chi connectivity index (χ4v) is 2.22. The molecule has 7 nitrogen and oxygen atoms in total. The van der Waals surface area contributed by atoms with Crippen molar-refractivity contribution in [2.75, 3.05) is 13.7 Å². The minimum Gasteiger partial charge on any atom is -0.489 e. The van der Waals surface area contributed by atoms with Crippen molar-refractivity contribution in [3.63, 3.8) is 0 Å². The molecule has 0 atom stereocenters. The second-order valence-corrected chi connectivity index (χ2v) is 6.02. The molecule has 2 rings (SSSR count). The average molecular weight is 405 g/mol. The first-order valence-electron chi connectivity index (χ1n) is 7.36. The third kappa shape index (κ3) is 6.37. The van der Waals surface area contributed by atoms with Gasteiger partial charge in [-0.3, -0.25) is 4.79 Å². The minimum atomic E-state index is -5.15. The highest BCUT2D eigenvalue weighted by atomic mass is 32.3. The number of benzene rings is 2. The van der Waals surface area contributed by atoms with Crippen LogP contribution in [0.4, 0.5) is 12.7 Å². The molecule has 0 saturated carbocycles. The largest absolute Gasteiger partial charge is 0.489 e. The van der Waals surface area contributed by atoms with Crippen molar-refractivity contribution in [1.82, 2.24) is 5.32 Å². The molecule has 0 radical (unpaired) electrons. The summed E-state index contributed by atoms with van der Waals surface area (Å²) in [4.78, 5) is 11.1. The summed E-state index contributed by atoms with van der Waals surface area (Å²) in [5.41, 5.74) is -0.381. The monoisotopic (exact) mass is 405 g/mol. The molecule has 1 amide bonds. The van der Waals surface area contributed by atoms with Gasteiger partial charge in [0.2, 0.25) is 0 Å². The number of amides is 1. The van der Waals surface area contributed by atoms with E-state index in [-0.39, 0.29) is 22.8 Å². The van der Waals surface area contributed by atoms with Crippen molar-refractivity contribution in [3.8, 4) is 17.2 Å². The van der Waals surface area contributed by atoms with Gasteiger partial charge in [0.15, 0.2) is 6.61 Å². The lowest BCUT2D eigenvalue weighted by molar-refractivity contribution is -0.122. The van der Waals surface area contributed by atoms with Crippen molar-refractivity contribution in [2.24, 2.45) is 0 Å². The quantitative estimate of drug-likeness (QED) is 0.678. The van der Waals surface area contributed by atoms with Crippen LogP contribution in [0.1, 0.15) is 5.56 Å². The van der Waals surface area contributed by atoms with E-state index in [4.69, 9.17) is 9.47 Å². The molecule has 27 heavy (non-hydrogen) atoms. The van der Waals surface area contributed by atoms with Crippen LogP contribution in [0.5, 0.6) is 17.2 Å². The predicted octanol–water partition coefficient (Wildman–Crippen LogP) is 2.26. The normalized spacial score (nSPS) is 11.0. The van der Waals surface area contributed by atoms with Gasteiger partial charge in [-0.1, -0.05) is 3.89 Å². The molecule has 0 aliphatic heterocycles. The topological polar surface area (TPSA) is 90.9 Å². The van der Waals surface area contributed by atoms with Crippen molar-refractivity contribution < 1.29 is 39.5 Å². The van der Waals surface area contributed by atoms with Gasteiger partial charge in [0.05, 0.1) is 5.56 Å². The SMILES string of the molecule is CNC(=O)COc1cc(F)c(COc2ccc(OS(=O)(=O)F)cc2)c(F)c1. The maximum absolute atomic E-state index is 14.0. The van der Waals surface area contributed by atoms with Crippen LogP contribution in [-0.4, -0.2) is 28.0 Å². The van der Waals surface area contributed by atoms with Crippen molar-refractivity contribution in [2.45, 2.75) is 6.61 Å². The number of carbonyl (C=O) groups is 1. The van der Waals surface area contributed by atoms with Crippen molar-refractivity contribution >= 4 is 16.4 Å². The van der Waals surface area contributed by atoms with E-state index < -0.39 is 41.3 Å². The van der Waals surface area contributed by atoms with E-state index in [1.54, 1.807) is 0 Å². The minimum absolute atomic E-state index is 0.136. The molecule has 1 N–H and O–H groups in total. The number of likely N-dealkylation sites (N-methyl/N-ethyl adjacent to an activating group) is 1. The summed E-state index contributed by atoms with van der Waals surface area (Å²) in [7, 11) is -3.76. The Morgan fingerprint density at radius 1 is 1.00 bits per heavy atom. The maximum atomic E-state index is 14.0. The lowest BCUT2D eigenvalue weighted by atomic mass is 10.2. The first-order chi connectivity index (χ1) is 12.7. The highest BCUT2D eigenvalue weighted by Crippen LogP contribution is 2.24. The van der Waals surface area contributed by atoms with Crippen LogP contribution in [0.3, 0.4) is 0 Å². The Labute approximate surface area is 153 Å². The van der Waals surface area contributed by atoms with E-state index in [2.05, 4.69) is 9.50 Å². The number of carbonyl (C=O) groups excluding carboxylic acids is 1. The molecule has 0 bridgehead atoms. The molecule has 0 aliphatic rings. The van der Waals surface area contributed by atoms with Gasteiger partial charge < -0.3 is 19.0 Å². The molecule has 0 aliphatic carbocycles. The van der Waals surface area contributed by atoms with Gasteiger partial charge in [-0.05, 0) is 24.3 Å². The van der Waals surface area contributed by atoms with E-state index in [1.165, 1.54) is 19.2 Å². The molecule has 11 heteroatoms. The molecular formula is C16H14F3NO6S. The van der Waals surface area contributed by atoms with Crippen LogP contribution in [0.15, 0.2) is 36.4 Å². The van der Waals surface area contributed by atoms with Gasteiger partial charge in [0, 0.05) is 19.2 Å².